The van der Waals surface area contributed by atoms with Crippen LogP contribution in [0.15, 0.2) is 24.5 Å². The third-order valence-electron chi connectivity index (χ3n) is 1.44. The first-order valence-electron chi connectivity index (χ1n) is 3.50. The molecule has 0 spiro atoms. The molecule has 0 aliphatic rings. The normalized spacial score (nSPS) is 12.4. The highest BCUT2D eigenvalue weighted by atomic mass is 16.4. The predicted molar refractivity (Wildman–Crippen MR) is 41.4 cm³/mol. The first-order valence-corrected chi connectivity index (χ1v) is 3.50. The summed E-state index contributed by atoms with van der Waals surface area (Å²) in [6.07, 6.45) is 1.77. The number of carbonyl (C=O) groups is 1. The minimum Gasteiger partial charge on any atom is -0.481 e. The van der Waals surface area contributed by atoms with Crippen LogP contribution in [0, 0.1) is 0 Å². The van der Waals surface area contributed by atoms with E-state index in [2.05, 4.69) is 4.98 Å². The van der Waals surface area contributed by atoms with Crippen molar-refractivity contribution in [3.63, 3.8) is 0 Å². The van der Waals surface area contributed by atoms with Gasteiger partial charge in [-0.3, -0.25) is 9.78 Å². The Morgan fingerprint density at radius 1 is 1.67 bits per heavy atom. The van der Waals surface area contributed by atoms with E-state index in [0.29, 0.717) is 5.56 Å². The third-order valence-corrected chi connectivity index (χ3v) is 1.44. The highest BCUT2D eigenvalue weighted by Gasteiger charge is 2.10. The van der Waals surface area contributed by atoms with Gasteiger partial charge in [0, 0.05) is 12.4 Å². The van der Waals surface area contributed by atoms with Crippen LogP contribution in [0.1, 0.15) is 18.1 Å². The van der Waals surface area contributed by atoms with Crippen molar-refractivity contribution >= 4 is 5.97 Å². The lowest BCUT2D eigenvalue weighted by Crippen LogP contribution is -2.05. The Kier molecular flexibility index (Phi) is 2.76. The number of carboxylic acid groups (broad SMARTS) is 1. The summed E-state index contributed by atoms with van der Waals surface area (Å²) < 4.78 is 0. The van der Waals surface area contributed by atoms with Crippen molar-refractivity contribution in [3.05, 3.63) is 30.1 Å². The molecule has 1 rings (SSSR count). The molecule has 12 heavy (non-hydrogen) atoms. The third kappa shape index (κ3) is 2.32. The Hall–Kier alpha value is -1.42. The number of carboxylic acids is 1. The van der Waals surface area contributed by atoms with Crippen molar-refractivity contribution in [1.29, 1.82) is 0 Å². The number of pyridine rings is 1. The molecule has 0 radical (unpaired) electrons. The van der Waals surface area contributed by atoms with Crippen molar-refractivity contribution in [3.8, 4) is 0 Å². The van der Waals surface area contributed by atoms with Crippen LogP contribution in [0.2, 0.25) is 0 Å². The molecule has 0 aromatic carbocycles. The molecule has 1 aromatic heterocycles. The summed E-state index contributed by atoms with van der Waals surface area (Å²) >= 11 is 0. The molecule has 0 bridgehead atoms. The van der Waals surface area contributed by atoms with E-state index < -0.39 is 12.1 Å². The number of hydrogen-bond acceptors (Lipinski definition) is 3. The van der Waals surface area contributed by atoms with Gasteiger partial charge in [-0.1, -0.05) is 6.07 Å². The zero-order valence-electron chi connectivity index (χ0n) is 6.34. The van der Waals surface area contributed by atoms with Crippen molar-refractivity contribution in [2.75, 3.05) is 0 Å². The maximum Gasteiger partial charge on any atom is 0.306 e. The number of aliphatic hydroxyl groups excluding tert-OH is 1. The van der Waals surface area contributed by atoms with Gasteiger partial charge in [0.1, 0.15) is 0 Å². The largest absolute Gasteiger partial charge is 0.481 e. The molecule has 2 N–H and O–H groups in total. The molecule has 0 aliphatic heterocycles. The van der Waals surface area contributed by atoms with Gasteiger partial charge in [0.2, 0.25) is 0 Å². The van der Waals surface area contributed by atoms with Crippen LogP contribution in [-0.2, 0) is 4.79 Å². The van der Waals surface area contributed by atoms with Gasteiger partial charge in [-0.15, -0.1) is 0 Å². The van der Waals surface area contributed by atoms with Crippen molar-refractivity contribution in [2.24, 2.45) is 0 Å². The standard InChI is InChI=1S/C8H9NO3/c10-7(4-8(11)12)6-2-1-3-9-5-6/h1-3,5,7,10H,4H2,(H,11,12). The fourth-order valence-corrected chi connectivity index (χ4v) is 0.856. The SMILES string of the molecule is O=C(O)CC(O)c1cccnc1. The molecule has 1 atom stereocenters. The summed E-state index contributed by atoms with van der Waals surface area (Å²) in [5, 5.41) is 17.6. The molecule has 0 saturated heterocycles. The Labute approximate surface area is 69.5 Å². The van der Waals surface area contributed by atoms with Crippen molar-refractivity contribution in [1.82, 2.24) is 4.98 Å². The van der Waals surface area contributed by atoms with Crippen LogP contribution in [0.3, 0.4) is 0 Å². The topological polar surface area (TPSA) is 70.4 Å². The average Bonchev–Trinajstić information content (AvgIpc) is 2.05. The van der Waals surface area contributed by atoms with Crippen LogP contribution in [-0.4, -0.2) is 21.2 Å². The van der Waals surface area contributed by atoms with E-state index >= 15 is 0 Å². The zero-order chi connectivity index (χ0) is 8.97. The summed E-state index contributed by atoms with van der Waals surface area (Å²) in [5.41, 5.74) is 0.528. The maximum atomic E-state index is 10.2. The van der Waals surface area contributed by atoms with Gasteiger partial charge in [0.25, 0.3) is 0 Å². The van der Waals surface area contributed by atoms with E-state index in [9.17, 15) is 9.90 Å². The van der Waals surface area contributed by atoms with E-state index in [4.69, 9.17) is 5.11 Å². The lowest BCUT2D eigenvalue weighted by molar-refractivity contribution is -0.139. The van der Waals surface area contributed by atoms with E-state index in [1.165, 1.54) is 6.20 Å². The highest BCUT2D eigenvalue weighted by Crippen LogP contribution is 2.13. The molecular weight excluding hydrogens is 158 g/mol. The molecule has 0 aliphatic carbocycles. The fraction of sp³-hybridized carbons (Fsp3) is 0.250. The number of aliphatic carboxylic acids is 1. The van der Waals surface area contributed by atoms with E-state index in [0.717, 1.165) is 0 Å². The number of aromatic nitrogens is 1. The van der Waals surface area contributed by atoms with Gasteiger partial charge in [-0.25, -0.2) is 0 Å². The number of aliphatic hydroxyl groups is 1. The second kappa shape index (κ2) is 3.82. The summed E-state index contributed by atoms with van der Waals surface area (Å²) in [6, 6.07) is 3.29. The first kappa shape index (κ1) is 8.67. The first-order chi connectivity index (χ1) is 5.70. The molecule has 1 unspecified atom stereocenters. The molecule has 1 heterocycles. The van der Waals surface area contributed by atoms with Crippen LogP contribution >= 0.6 is 0 Å². The monoisotopic (exact) mass is 167 g/mol. The van der Waals surface area contributed by atoms with Gasteiger partial charge < -0.3 is 10.2 Å². The fourth-order valence-electron chi connectivity index (χ4n) is 0.856. The van der Waals surface area contributed by atoms with Crippen molar-refractivity contribution < 1.29 is 15.0 Å². The zero-order valence-corrected chi connectivity index (χ0v) is 6.34. The Bertz CT molecular complexity index is 260. The summed E-state index contributed by atoms with van der Waals surface area (Å²) in [6.45, 7) is 0. The molecule has 1 aromatic rings. The van der Waals surface area contributed by atoms with Gasteiger partial charge >= 0.3 is 5.97 Å². The van der Waals surface area contributed by atoms with Crippen LogP contribution < -0.4 is 0 Å². The highest BCUT2D eigenvalue weighted by molar-refractivity contribution is 5.67. The number of nitrogens with zero attached hydrogens (tertiary/aromatic N) is 1. The second-order valence-electron chi connectivity index (χ2n) is 2.40. The van der Waals surface area contributed by atoms with Gasteiger partial charge in [0.05, 0.1) is 12.5 Å². The van der Waals surface area contributed by atoms with E-state index in [1.807, 2.05) is 0 Å². The molecule has 4 nitrogen and oxygen atoms in total. The molecule has 4 heteroatoms. The smallest absolute Gasteiger partial charge is 0.306 e. The molecule has 0 saturated carbocycles. The Morgan fingerprint density at radius 3 is 2.92 bits per heavy atom. The maximum absolute atomic E-state index is 10.2. The van der Waals surface area contributed by atoms with E-state index in [-0.39, 0.29) is 6.42 Å². The Balaban J connectivity index is 2.65. The molecule has 0 fully saturated rings. The van der Waals surface area contributed by atoms with Crippen LogP contribution in [0.4, 0.5) is 0 Å². The molecular formula is C8H9NO3. The predicted octanol–water partition coefficient (Wildman–Crippen LogP) is 0.590. The average molecular weight is 167 g/mol. The summed E-state index contributed by atoms with van der Waals surface area (Å²) in [7, 11) is 0. The number of rotatable bonds is 3. The molecule has 64 valence electrons. The minimum atomic E-state index is -1.02. The van der Waals surface area contributed by atoms with Crippen molar-refractivity contribution in [2.45, 2.75) is 12.5 Å². The lowest BCUT2D eigenvalue weighted by atomic mass is 10.1. The number of hydrogen-bond donors (Lipinski definition) is 2. The Morgan fingerprint density at radius 2 is 2.42 bits per heavy atom. The summed E-state index contributed by atoms with van der Waals surface area (Å²) in [5.74, 6) is -1.02. The van der Waals surface area contributed by atoms with E-state index in [1.54, 1.807) is 18.3 Å². The quantitative estimate of drug-likeness (QED) is 0.691. The second-order valence-corrected chi connectivity index (χ2v) is 2.40. The lowest BCUT2D eigenvalue weighted by Gasteiger charge is -2.05. The molecule has 0 amide bonds. The van der Waals surface area contributed by atoms with Crippen LogP contribution in [0.25, 0.3) is 0 Å². The van der Waals surface area contributed by atoms with Gasteiger partial charge in [0.15, 0.2) is 0 Å². The minimum absolute atomic E-state index is 0.286. The summed E-state index contributed by atoms with van der Waals surface area (Å²) in [4.78, 5) is 14.0. The van der Waals surface area contributed by atoms with Crippen LogP contribution in [0.5, 0.6) is 0 Å². The van der Waals surface area contributed by atoms with Gasteiger partial charge in [-0.05, 0) is 11.6 Å². The van der Waals surface area contributed by atoms with Gasteiger partial charge in [-0.2, -0.15) is 0 Å².